The summed E-state index contributed by atoms with van der Waals surface area (Å²) in [5, 5.41) is 3.48. The molecule has 0 saturated heterocycles. The van der Waals surface area contributed by atoms with Crippen LogP contribution >= 0.6 is 0 Å². The molecule has 0 unspecified atom stereocenters. The number of amides is 1. The van der Waals surface area contributed by atoms with Crippen LogP contribution in [-0.2, 0) is 21.6 Å². The van der Waals surface area contributed by atoms with Crippen LogP contribution in [0.25, 0.3) is 10.9 Å². The van der Waals surface area contributed by atoms with E-state index in [1.165, 1.54) is 20.1 Å². The van der Waals surface area contributed by atoms with Crippen molar-refractivity contribution in [3.8, 4) is 11.5 Å². The summed E-state index contributed by atoms with van der Waals surface area (Å²) in [6, 6.07) is 2.96. The van der Waals surface area contributed by atoms with Crippen molar-refractivity contribution >= 4 is 27.2 Å². The van der Waals surface area contributed by atoms with E-state index in [0.717, 1.165) is 10.9 Å². The zero-order valence-electron chi connectivity index (χ0n) is 13.0. The zero-order valence-corrected chi connectivity index (χ0v) is 15.8. The summed E-state index contributed by atoms with van der Waals surface area (Å²) in [6.07, 6.45) is 2.32. The smallest absolute Gasteiger partial charge is 0.716 e. The SMILES string of the molecule is COc1cc2c(CCNC(C)=O)c[nH]c2cc1OS(=O)(=O)[O-].[Na+]. The van der Waals surface area contributed by atoms with Crippen molar-refractivity contribution in [2.75, 3.05) is 13.7 Å². The van der Waals surface area contributed by atoms with Gasteiger partial charge in [0.05, 0.1) is 7.11 Å². The molecule has 8 nitrogen and oxygen atoms in total. The summed E-state index contributed by atoms with van der Waals surface area (Å²) >= 11 is 0. The molecule has 23 heavy (non-hydrogen) atoms. The number of methoxy groups -OCH3 is 1. The maximum Gasteiger partial charge on any atom is 1.00 e. The van der Waals surface area contributed by atoms with Gasteiger partial charge in [-0.2, -0.15) is 0 Å². The molecule has 0 atom stereocenters. The van der Waals surface area contributed by atoms with Gasteiger partial charge < -0.3 is 23.8 Å². The molecular weight excluding hydrogens is 335 g/mol. The first-order valence-electron chi connectivity index (χ1n) is 6.38. The van der Waals surface area contributed by atoms with Crippen LogP contribution in [0.4, 0.5) is 0 Å². The molecule has 1 aromatic carbocycles. The van der Waals surface area contributed by atoms with Gasteiger partial charge in [-0.1, -0.05) is 0 Å². The van der Waals surface area contributed by atoms with Gasteiger partial charge in [-0.25, -0.2) is 8.42 Å². The Hall–Kier alpha value is -1.26. The van der Waals surface area contributed by atoms with Gasteiger partial charge in [0.1, 0.15) is 0 Å². The summed E-state index contributed by atoms with van der Waals surface area (Å²) in [5.74, 6) is -0.165. The maximum absolute atomic E-state index is 10.9. The molecule has 0 aliphatic rings. The number of nitrogens with one attached hydrogen (secondary N) is 2. The third kappa shape index (κ3) is 5.40. The van der Waals surface area contributed by atoms with Gasteiger partial charge in [-0.05, 0) is 18.1 Å². The van der Waals surface area contributed by atoms with Crippen molar-refractivity contribution in [2.45, 2.75) is 13.3 Å². The molecule has 0 aliphatic heterocycles. The molecule has 1 heterocycles. The van der Waals surface area contributed by atoms with Crippen molar-refractivity contribution in [2.24, 2.45) is 0 Å². The monoisotopic (exact) mass is 350 g/mol. The van der Waals surface area contributed by atoms with Gasteiger partial charge in [0.25, 0.3) is 10.4 Å². The molecular formula is C13H15N2NaO6S. The van der Waals surface area contributed by atoms with Crippen molar-refractivity contribution in [3.63, 3.8) is 0 Å². The fourth-order valence-electron chi connectivity index (χ4n) is 2.10. The standard InChI is InChI=1S/C13H16N2O6S.Na/c1-8(16)14-4-3-9-7-15-11-6-13(21-22(17,18)19)12(20-2)5-10(9)11;/h5-7,15H,3-4H2,1-2H3,(H,14,16)(H,17,18,19);/q;+1/p-1. The Kier molecular flexibility index (Phi) is 6.90. The summed E-state index contributed by atoms with van der Waals surface area (Å²) in [4.78, 5) is 13.8. The topological polar surface area (TPSA) is 121 Å². The summed E-state index contributed by atoms with van der Waals surface area (Å²) in [5.41, 5.74) is 1.51. The van der Waals surface area contributed by atoms with Gasteiger partial charge in [0, 0.05) is 36.6 Å². The number of carbonyl (C=O) groups is 1. The van der Waals surface area contributed by atoms with Crippen LogP contribution in [-0.4, -0.2) is 37.5 Å². The Labute approximate surface area is 155 Å². The number of hydrogen-bond donors (Lipinski definition) is 2. The van der Waals surface area contributed by atoms with E-state index in [2.05, 4.69) is 14.5 Å². The number of hydrogen-bond acceptors (Lipinski definition) is 6. The van der Waals surface area contributed by atoms with E-state index in [9.17, 15) is 17.8 Å². The molecule has 0 fully saturated rings. The Bertz CT molecular complexity index is 802. The van der Waals surface area contributed by atoms with Crippen LogP contribution in [0, 0.1) is 0 Å². The largest absolute Gasteiger partial charge is 1.00 e. The summed E-state index contributed by atoms with van der Waals surface area (Å²) in [6.45, 7) is 1.91. The van der Waals surface area contributed by atoms with E-state index in [1.54, 1.807) is 12.3 Å². The van der Waals surface area contributed by atoms with Crippen molar-refractivity contribution in [3.05, 3.63) is 23.9 Å². The Morgan fingerprint density at radius 1 is 1.35 bits per heavy atom. The van der Waals surface area contributed by atoms with E-state index in [-0.39, 0.29) is 47.0 Å². The minimum atomic E-state index is -4.89. The first-order chi connectivity index (χ1) is 10.3. The van der Waals surface area contributed by atoms with E-state index in [4.69, 9.17) is 4.74 Å². The number of benzene rings is 1. The van der Waals surface area contributed by atoms with Gasteiger partial charge in [0.2, 0.25) is 5.91 Å². The second-order valence-corrected chi connectivity index (χ2v) is 5.57. The predicted molar refractivity (Wildman–Crippen MR) is 77.6 cm³/mol. The molecule has 10 heteroatoms. The molecule has 1 aromatic heterocycles. The van der Waals surface area contributed by atoms with Crippen LogP contribution in [0.1, 0.15) is 12.5 Å². The number of fused-ring (bicyclic) bond motifs is 1. The molecule has 0 spiro atoms. The number of aromatic nitrogens is 1. The molecule has 0 aliphatic carbocycles. The van der Waals surface area contributed by atoms with Gasteiger partial charge in [0.15, 0.2) is 11.5 Å². The Morgan fingerprint density at radius 2 is 2.04 bits per heavy atom. The third-order valence-corrected chi connectivity index (χ3v) is 3.40. The quantitative estimate of drug-likeness (QED) is 0.343. The number of ether oxygens (including phenoxy) is 1. The first-order valence-corrected chi connectivity index (χ1v) is 7.71. The second kappa shape index (κ2) is 8.02. The average molecular weight is 350 g/mol. The molecule has 0 radical (unpaired) electrons. The van der Waals surface area contributed by atoms with Crippen LogP contribution in [0.2, 0.25) is 0 Å². The molecule has 0 saturated carbocycles. The number of carbonyl (C=O) groups excluding carboxylic acids is 1. The fourth-order valence-corrected chi connectivity index (χ4v) is 2.45. The maximum atomic E-state index is 10.9. The molecule has 120 valence electrons. The first kappa shape index (κ1) is 19.8. The second-order valence-electron chi connectivity index (χ2n) is 4.59. The minimum Gasteiger partial charge on any atom is -0.716 e. The average Bonchev–Trinajstić information content (AvgIpc) is 2.78. The molecule has 2 rings (SSSR count). The fraction of sp³-hybridized carbons (Fsp3) is 0.308. The zero-order chi connectivity index (χ0) is 16.3. The van der Waals surface area contributed by atoms with Crippen molar-refractivity contribution in [1.29, 1.82) is 0 Å². The van der Waals surface area contributed by atoms with Gasteiger partial charge >= 0.3 is 29.6 Å². The summed E-state index contributed by atoms with van der Waals surface area (Å²) in [7, 11) is -3.54. The van der Waals surface area contributed by atoms with Crippen LogP contribution < -0.4 is 43.8 Å². The van der Waals surface area contributed by atoms with Crippen molar-refractivity contribution < 1.29 is 56.2 Å². The molecule has 1 amide bonds. The van der Waals surface area contributed by atoms with E-state index < -0.39 is 10.4 Å². The Morgan fingerprint density at radius 3 is 2.61 bits per heavy atom. The van der Waals surface area contributed by atoms with Crippen molar-refractivity contribution in [1.82, 2.24) is 10.3 Å². The van der Waals surface area contributed by atoms with E-state index in [1.807, 2.05) is 0 Å². The van der Waals surface area contributed by atoms with Crippen LogP contribution in [0.15, 0.2) is 18.3 Å². The van der Waals surface area contributed by atoms with E-state index in [0.29, 0.717) is 18.5 Å². The van der Waals surface area contributed by atoms with Crippen LogP contribution in [0.3, 0.4) is 0 Å². The Balaban J connectivity index is 0.00000264. The summed E-state index contributed by atoms with van der Waals surface area (Å²) < 4.78 is 41.6. The molecule has 2 aromatic rings. The number of H-pyrrole nitrogens is 1. The third-order valence-electron chi connectivity index (χ3n) is 3.01. The van der Waals surface area contributed by atoms with Crippen LogP contribution in [0.5, 0.6) is 11.5 Å². The van der Waals surface area contributed by atoms with Gasteiger partial charge in [-0.15, -0.1) is 0 Å². The normalized spacial score (nSPS) is 10.9. The predicted octanol–water partition coefficient (Wildman–Crippen LogP) is -2.30. The number of rotatable bonds is 6. The minimum absolute atomic E-state index is 0. The van der Waals surface area contributed by atoms with E-state index >= 15 is 0 Å². The molecule has 0 bridgehead atoms. The molecule has 2 N–H and O–H groups in total. The van der Waals surface area contributed by atoms with Gasteiger partial charge in [-0.3, -0.25) is 4.79 Å². The number of aromatic amines is 1.